The lowest BCUT2D eigenvalue weighted by molar-refractivity contribution is 0.453. The first-order valence-corrected chi connectivity index (χ1v) is 7.58. The molecule has 94 valence electrons. The number of hydrogen-bond acceptors (Lipinski definition) is 3. The Hall–Kier alpha value is -0.650. The monoisotopic (exact) mass is 274 g/mol. The molecular formula is C11H15ClN2O2S. The minimum Gasteiger partial charge on any atom is -0.263 e. The summed E-state index contributed by atoms with van der Waals surface area (Å²) in [5.41, 5.74) is 0. The Morgan fingerprint density at radius 1 is 1.53 bits per heavy atom. The Bertz CT molecular complexity index is 464. The van der Waals surface area contributed by atoms with Gasteiger partial charge in [-0.1, -0.05) is 0 Å². The molecule has 1 saturated heterocycles. The summed E-state index contributed by atoms with van der Waals surface area (Å²) >= 11 is 5.68. The fourth-order valence-corrected chi connectivity index (χ4v) is 3.86. The molecule has 1 unspecified atom stereocenters. The summed E-state index contributed by atoms with van der Waals surface area (Å²) in [6.07, 6.45) is 4.73. The first-order valence-electron chi connectivity index (χ1n) is 5.60. The summed E-state index contributed by atoms with van der Waals surface area (Å²) in [6, 6.07) is 3.22. The maximum atomic E-state index is 12.2. The third-order valence-electron chi connectivity index (χ3n) is 3.04. The molecule has 0 aromatic carbocycles. The number of halogens is 1. The summed E-state index contributed by atoms with van der Waals surface area (Å²) in [4.78, 5) is 4.12. The molecule has 1 fully saturated rings. The topological polar surface area (TPSA) is 50.3 Å². The van der Waals surface area contributed by atoms with E-state index in [9.17, 15) is 8.42 Å². The first kappa shape index (κ1) is 12.8. The molecule has 17 heavy (non-hydrogen) atoms. The van der Waals surface area contributed by atoms with E-state index < -0.39 is 10.0 Å². The van der Waals surface area contributed by atoms with Gasteiger partial charge in [0.1, 0.15) is 4.90 Å². The van der Waals surface area contributed by atoms with Gasteiger partial charge in [-0.3, -0.25) is 4.98 Å². The second kappa shape index (κ2) is 5.33. The van der Waals surface area contributed by atoms with Crippen molar-refractivity contribution < 1.29 is 8.42 Å². The molecule has 1 aliphatic heterocycles. The predicted molar refractivity (Wildman–Crippen MR) is 66.4 cm³/mol. The second-order valence-electron chi connectivity index (χ2n) is 4.18. The molecule has 2 rings (SSSR count). The fourth-order valence-electron chi connectivity index (χ4n) is 2.05. The number of sulfonamides is 1. The minimum absolute atomic E-state index is 0.270. The molecule has 0 bridgehead atoms. The van der Waals surface area contributed by atoms with Gasteiger partial charge in [0.15, 0.2) is 0 Å². The van der Waals surface area contributed by atoms with E-state index in [4.69, 9.17) is 11.6 Å². The number of aromatic nitrogens is 1. The van der Waals surface area contributed by atoms with E-state index in [1.807, 2.05) is 0 Å². The second-order valence-corrected chi connectivity index (χ2v) is 6.50. The van der Waals surface area contributed by atoms with Crippen LogP contribution >= 0.6 is 11.6 Å². The molecule has 6 heteroatoms. The van der Waals surface area contributed by atoms with Crippen LogP contribution in [0.1, 0.15) is 12.8 Å². The van der Waals surface area contributed by atoms with Crippen LogP contribution in [0, 0.1) is 5.92 Å². The van der Waals surface area contributed by atoms with Crippen LogP contribution < -0.4 is 0 Å². The van der Waals surface area contributed by atoms with E-state index in [0.29, 0.717) is 24.9 Å². The molecule has 0 N–H and O–H groups in total. The van der Waals surface area contributed by atoms with Crippen LogP contribution in [0.15, 0.2) is 29.4 Å². The van der Waals surface area contributed by atoms with Crippen LogP contribution in [0.3, 0.4) is 0 Å². The number of hydrogen-bond donors (Lipinski definition) is 0. The van der Waals surface area contributed by atoms with Gasteiger partial charge in [-0.05, 0) is 30.9 Å². The normalized spacial score (nSPS) is 21.8. The Morgan fingerprint density at radius 2 is 2.35 bits per heavy atom. The van der Waals surface area contributed by atoms with Crippen molar-refractivity contribution in [2.24, 2.45) is 5.92 Å². The molecule has 2 heterocycles. The van der Waals surface area contributed by atoms with Gasteiger partial charge in [-0.25, -0.2) is 8.42 Å². The highest BCUT2D eigenvalue weighted by atomic mass is 35.5. The zero-order valence-electron chi connectivity index (χ0n) is 9.42. The molecule has 0 spiro atoms. The quantitative estimate of drug-likeness (QED) is 0.786. The van der Waals surface area contributed by atoms with Gasteiger partial charge >= 0.3 is 0 Å². The largest absolute Gasteiger partial charge is 0.263 e. The van der Waals surface area contributed by atoms with Crippen molar-refractivity contribution in [3.8, 4) is 0 Å². The van der Waals surface area contributed by atoms with Gasteiger partial charge in [-0.15, -0.1) is 11.6 Å². The fraction of sp³-hybridized carbons (Fsp3) is 0.545. The molecule has 0 saturated carbocycles. The van der Waals surface area contributed by atoms with E-state index in [-0.39, 0.29) is 4.90 Å². The van der Waals surface area contributed by atoms with Crippen molar-refractivity contribution in [3.05, 3.63) is 24.5 Å². The average Bonchev–Trinajstić information content (AvgIpc) is 2.80. The SMILES string of the molecule is O=S(=O)(c1cccnc1)N1CCC(CCCl)C1. The molecule has 1 aromatic heterocycles. The van der Waals surface area contributed by atoms with Crippen LogP contribution in [0.2, 0.25) is 0 Å². The Morgan fingerprint density at radius 3 is 3.00 bits per heavy atom. The smallest absolute Gasteiger partial charge is 0.244 e. The number of rotatable bonds is 4. The number of alkyl halides is 1. The zero-order valence-corrected chi connectivity index (χ0v) is 11.0. The molecule has 1 atom stereocenters. The van der Waals surface area contributed by atoms with Gasteiger partial charge < -0.3 is 0 Å². The van der Waals surface area contributed by atoms with Crippen molar-refractivity contribution in [2.45, 2.75) is 17.7 Å². The molecule has 1 aliphatic rings. The lowest BCUT2D eigenvalue weighted by Gasteiger charge is -2.16. The number of pyridine rings is 1. The van der Waals surface area contributed by atoms with Gasteiger partial charge in [-0.2, -0.15) is 4.31 Å². The van der Waals surface area contributed by atoms with Crippen LogP contribution in [0.25, 0.3) is 0 Å². The molecule has 0 aliphatic carbocycles. The zero-order chi connectivity index (χ0) is 12.3. The van der Waals surface area contributed by atoms with Crippen LogP contribution in [0.5, 0.6) is 0 Å². The summed E-state index contributed by atoms with van der Waals surface area (Å²) in [5, 5.41) is 0. The van der Waals surface area contributed by atoms with Crippen LogP contribution in [-0.4, -0.2) is 36.7 Å². The summed E-state index contributed by atoms with van der Waals surface area (Å²) in [6.45, 7) is 1.16. The summed E-state index contributed by atoms with van der Waals surface area (Å²) in [7, 11) is -3.36. The summed E-state index contributed by atoms with van der Waals surface area (Å²) in [5.74, 6) is 0.977. The average molecular weight is 275 g/mol. The van der Waals surface area contributed by atoms with Gasteiger partial charge in [0.05, 0.1) is 0 Å². The summed E-state index contributed by atoms with van der Waals surface area (Å²) < 4.78 is 26.0. The van der Waals surface area contributed by atoms with Crippen molar-refractivity contribution in [2.75, 3.05) is 19.0 Å². The van der Waals surface area contributed by atoms with E-state index in [0.717, 1.165) is 12.8 Å². The van der Waals surface area contributed by atoms with Crippen molar-refractivity contribution >= 4 is 21.6 Å². The minimum atomic E-state index is -3.36. The molecule has 4 nitrogen and oxygen atoms in total. The lowest BCUT2D eigenvalue weighted by Crippen LogP contribution is -2.29. The van der Waals surface area contributed by atoms with Gasteiger partial charge in [0.25, 0.3) is 0 Å². The van der Waals surface area contributed by atoms with Gasteiger partial charge in [0.2, 0.25) is 10.0 Å². The Kier molecular flexibility index (Phi) is 4.01. The van der Waals surface area contributed by atoms with Gasteiger partial charge in [0, 0.05) is 31.4 Å². The molecule has 0 amide bonds. The highest BCUT2D eigenvalue weighted by Gasteiger charge is 2.32. The lowest BCUT2D eigenvalue weighted by atomic mass is 10.1. The third-order valence-corrected chi connectivity index (χ3v) is 5.11. The van der Waals surface area contributed by atoms with Crippen molar-refractivity contribution in [3.63, 3.8) is 0 Å². The first-order chi connectivity index (χ1) is 8.14. The highest BCUT2D eigenvalue weighted by Crippen LogP contribution is 2.25. The van der Waals surface area contributed by atoms with Crippen LogP contribution in [0.4, 0.5) is 0 Å². The Labute approximate surface area is 107 Å². The van der Waals surface area contributed by atoms with E-state index >= 15 is 0 Å². The molecule has 1 aromatic rings. The standard InChI is InChI=1S/C11H15ClN2O2S/c12-5-3-10-4-7-14(9-10)17(15,16)11-2-1-6-13-8-11/h1-2,6,8,10H,3-5,7,9H2. The van der Waals surface area contributed by atoms with E-state index in [1.54, 1.807) is 18.3 Å². The van der Waals surface area contributed by atoms with Crippen molar-refractivity contribution in [1.82, 2.24) is 9.29 Å². The molecule has 0 radical (unpaired) electrons. The van der Waals surface area contributed by atoms with E-state index in [2.05, 4.69) is 4.98 Å². The van der Waals surface area contributed by atoms with Crippen LogP contribution in [-0.2, 0) is 10.0 Å². The maximum Gasteiger partial charge on any atom is 0.244 e. The highest BCUT2D eigenvalue weighted by molar-refractivity contribution is 7.89. The Balaban J connectivity index is 2.13. The van der Waals surface area contributed by atoms with E-state index in [1.165, 1.54) is 10.5 Å². The third kappa shape index (κ3) is 2.78. The maximum absolute atomic E-state index is 12.2. The van der Waals surface area contributed by atoms with Crippen molar-refractivity contribution in [1.29, 1.82) is 0 Å². The number of nitrogens with zero attached hydrogens (tertiary/aromatic N) is 2. The predicted octanol–water partition coefficient (Wildman–Crippen LogP) is 1.72. The molecular weight excluding hydrogens is 260 g/mol.